The zero-order chi connectivity index (χ0) is 28.4. The number of ketones is 1. The van der Waals surface area contributed by atoms with Crippen molar-refractivity contribution in [1.82, 2.24) is 5.32 Å². The Morgan fingerprint density at radius 1 is 1.02 bits per heavy atom. The summed E-state index contributed by atoms with van der Waals surface area (Å²) in [6, 6.07) is 14.4. The summed E-state index contributed by atoms with van der Waals surface area (Å²) in [5.74, 6) is 1.82. The Morgan fingerprint density at radius 2 is 1.80 bits per heavy atom. The van der Waals surface area contributed by atoms with E-state index in [1.165, 1.54) is 0 Å². The second-order valence-corrected chi connectivity index (χ2v) is 10.8. The first-order valence-corrected chi connectivity index (χ1v) is 13.2. The molecular weight excluding hydrogens is 510 g/mol. The summed E-state index contributed by atoms with van der Waals surface area (Å²) >= 11 is 0. The number of furan rings is 1. The Kier molecular flexibility index (Phi) is 7.47. The van der Waals surface area contributed by atoms with Crippen LogP contribution in [0.5, 0.6) is 17.2 Å². The van der Waals surface area contributed by atoms with Crippen molar-refractivity contribution in [2.75, 3.05) is 38.1 Å². The lowest BCUT2D eigenvalue weighted by molar-refractivity contribution is -0.121. The van der Waals surface area contributed by atoms with Gasteiger partial charge in [0.05, 0.1) is 58.1 Å². The maximum absolute atomic E-state index is 14.0. The van der Waals surface area contributed by atoms with E-state index in [4.69, 9.17) is 18.6 Å². The number of carbonyl (C=O) groups excluding carboxylic acids is 2. The predicted molar refractivity (Wildman–Crippen MR) is 152 cm³/mol. The van der Waals surface area contributed by atoms with Gasteiger partial charge in [-0.15, -0.1) is 0 Å². The van der Waals surface area contributed by atoms with Crippen LogP contribution in [-0.4, -0.2) is 39.6 Å². The van der Waals surface area contributed by atoms with Crippen LogP contribution in [0, 0.1) is 5.41 Å². The van der Waals surface area contributed by atoms with Crippen molar-refractivity contribution in [2.24, 2.45) is 5.41 Å². The lowest BCUT2D eigenvalue weighted by Gasteiger charge is -2.38. The Balaban J connectivity index is 1.69. The van der Waals surface area contributed by atoms with E-state index in [1.54, 1.807) is 39.7 Å². The molecule has 2 aromatic carbocycles. The number of carbonyl (C=O) groups is 2. The molecule has 1 aromatic heterocycles. The van der Waals surface area contributed by atoms with Gasteiger partial charge >= 0.3 is 0 Å². The summed E-state index contributed by atoms with van der Waals surface area (Å²) in [5.41, 5.74) is 3.53. The summed E-state index contributed by atoms with van der Waals surface area (Å²) in [7, 11) is 4.67. The number of hydrogen-bond donors (Lipinski definition) is 2. The molecule has 1 atom stereocenters. The molecule has 2 N–H and O–H groups in total. The highest BCUT2D eigenvalue weighted by Crippen LogP contribution is 2.52. The summed E-state index contributed by atoms with van der Waals surface area (Å²) in [4.78, 5) is 29.4. The molecule has 9 nitrogen and oxygen atoms in total. The van der Waals surface area contributed by atoms with Gasteiger partial charge in [-0.1, -0.05) is 26.0 Å². The number of hydrogen-bond acceptors (Lipinski definition) is 8. The monoisotopic (exact) mass is 545 g/mol. The molecule has 0 spiro atoms. The van der Waals surface area contributed by atoms with E-state index in [0.29, 0.717) is 47.0 Å². The molecule has 2 aliphatic rings. The fourth-order valence-electron chi connectivity index (χ4n) is 5.70. The van der Waals surface area contributed by atoms with Gasteiger partial charge < -0.3 is 34.2 Å². The van der Waals surface area contributed by atoms with Gasteiger partial charge in [-0.2, -0.15) is 0 Å². The van der Waals surface area contributed by atoms with Crippen molar-refractivity contribution in [2.45, 2.75) is 39.3 Å². The summed E-state index contributed by atoms with van der Waals surface area (Å²) in [5, 5.41) is 6.52. The third-order valence-corrected chi connectivity index (χ3v) is 7.39. The van der Waals surface area contributed by atoms with E-state index in [-0.39, 0.29) is 30.2 Å². The maximum Gasteiger partial charge on any atom is 0.239 e. The summed E-state index contributed by atoms with van der Waals surface area (Å²) in [6.07, 6.45) is 2.63. The van der Waals surface area contributed by atoms with Crippen LogP contribution in [-0.2, 0) is 16.1 Å². The number of methoxy groups -OCH3 is 3. The zero-order valence-corrected chi connectivity index (χ0v) is 23.5. The minimum atomic E-state index is -0.640. The van der Waals surface area contributed by atoms with Gasteiger partial charge in [0.25, 0.3) is 0 Å². The molecule has 9 heteroatoms. The van der Waals surface area contributed by atoms with Crippen molar-refractivity contribution in [3.05, 3.63) is 77.4 Å². The predicted octanol–water partition coefficient (Wildman–Crippen LogP) is 5.24. The van der Waals surface area contributed by atoms with Crippen molar-refractivity contribution in [1.29, 1.82) is 0 Å². The molecule has 1 unspecified atom stereocenters. The molecule has 2 heterocycles. The van der Waals surface area contributed by atoms with Crippen molar-refractivity contribution in [3.8, 4) is 17.2 Å². The number of ether oxygens (including phenoxy) is 3. The molecule has 0 fully saturated rings. The minimum Gasteiger partial charge on any atom is -0.493 e. The molecule has 1 aliphatic carbocycles. The van der Waals surface area contributed by atoms with E-state index >= 15 is 0 Å². The number of nitrogens with zero attached hydrogens (tertiary/aromatic N) is 1. The number of amides is 1. The quantitative estimate of drug-likeness (QED) is 0.396. The Bertz CT molecular complexity index is 1440. The molecule has 0 saturated heterocycles. The second kappa shape index (κ2) is 11.0. The number of Topliss-reactive ketones (excluding diaryl/α,β-unsaturated/α-hetero) is 1. The average molecular weight is 546 g/mol. The number of benzene rings is 2. The van der Waals surface area contributed by atoms with Crippen LogP contribution in [0.1, 0.15) is 44.1 Å². The van der Waals surface area contributed by atoms with Gasteiger partial charge in [-0.05, 0) is 48.2 Å². The normalized spacial score (nSPS) is 17.8. The standard InChI is InChI=1S/C31H35N3O6/c1-31(2)15-22-27(24(35)16-31)28(20-12-13-25(37-3)30(39-5)29(20)38-4)34(23-11-7-6-10-21(23)33-22)18-26(36)32-17-19-9-8-14-40-19/h6-14,28,33H,15-18H2,1-5H3,(H,32,36). The first-order chi connectivity index (χ1) is 19.3. The highest BCUT2D eigenvalue weighted by Gasteiger charge is 2.43. The van der Waals surface area contributed by atoms with Crippen molar-refractivity contribution >= 4 is 23.1 Å². The number of anilines is 2. The largest absolute Gasteiger partial charge is 0.493 e. The van der Waals surface area contributed by atoms with Gasteiger partial charge in [0, 0.05) is 23.3 Å². The van der Waals surface area contributed by atoms with Crippen LogP contribution >= 0.6 is 0 Å². The smallest absolute Gasteiger partial charge is 0.239 e. The topological polar surface area (TPSA) is 102 Å². The van der Waals surface area contributed by atoms with Crippen molar-refractivity contribution < 1.29 is 28.2 Å². The fraction of sp³-hybridized carbons (Fsp3) is 0.355. The summed E-state index contributed by atoms with van der Waals surface area (Å²) in [6.45, 7) is 4.43. The number of para-hydroxylation sites is 2. The van der Waals surface area contributed by atoms with Gasteiger partial charge in [0.15, 0.2) is 17.3 Å². The highest BCUT2D eigenvalue weighted by molar-refractivity contribution is 6.02. The first kappa shape index (κ1) is 27.2. The molecule has 1 amide bonds. The van der Waals surface area contributed by atoms with Crippen LogP contribution in [0.4, 0.5) is 11.4 Å². The third kappa shape index (κ3) is 5.11. The van der Waals surface area contributed by atoms with E-state index < -0.39 is 6.04 Å². The van der Waals surface area contributed by atoms with E-state index in [2.05, 4.69) is 24.5 Å². The number of allylic oxidation sites excluding steroid dienone is 1. The van der Waals surface area contributed by atoms with Gasteiger partial charge in [-0.3, -0.25) is 9.59 Å². The van der Waals surface area contributed by atoms with Crippen LogP contribution in [0.15, 0.2) is 70.5 Å². The maximum atomic E-state index is 14.0. The lowest BCUT2D eigenvalue weighted by Crippen LogP contribution is -2.42. The zero-order valence-electron chi connectivity index (χ0n) is 23.5. The van der Waals surface area contributed by atoms with Gasteiger partial charge in [0.1, 0.15) is 5.76 Å². The second-order valence-electron chi connectivity index (χ2n) is 10.8. The SMILES string of the molecule is COc1ccc(C2C3=C(CC(C)(C)CC3=O)Nc3ccccc3N2CC(=O)NCc2ccco2)c(OC)c1OC. The lowest BCUT2D eigenvalue weighted by atomic mass is 9.73. The molecule has 210 valence electrons. The molecule has 3 aromatic rings. The van der Waals surface area contributed by atoms with Crippen molar-refractivity contribution in [3.63, 3.8) is 0 Å². The van der Waals surface area contributed by atoms with Gasteiger partial charge in [0.2, 0.25) is 11.7 Å². The average Bonchev–Trinajstić information content (AvgIpc) is 3.41. The molecule has 0 radical (unpaired) electrons. The van der Waals surface area contributed by atoms with Crippen LogP contribution in [0.3, 0.4) is 0 Å². The van der Waals surface area contributed by atoms with Gasteiger partial charge in [-0.25, -0.2) is 0 Å². The molecule has 5 rings (SSSR count). The minimum absolute atomic E-state index is 0.0188. The number of fused-ring (bicyclic) bond motifs is 1. The van der Waals surface area contributed by atoms with E-state index in [1.807, 2.05) is 41.3 Å². The Morgan fingerprint density at radius 3 is 2.50 bits per heavy atom. The summed E-state index contributed by atoms with van der Waals surface area (Å²) < 4.78 is 22.5. The molecule has 40 heavy (non-hydrogen) atoms. The Labute approximate surface area is 234 Å². The number of rotatable bonds is 8. The Hall–Kier alpha value is -4.40. The molecular formula is C31H35N3O6. The fourth-order valence-corrected chi connectivity index (χ4v) is 5.70. The highest BCUT2D eigenvalue weighted by atomic mass is 16.5. The van der Waals surface area contributed by atoms with E-state index in [0.717, 1.165) is 17.1 Å². The molecule has 0 bridgehead atoms. The van der Waals surface area contributed by atoms with E-state index in [9.17, 15) is 9.59 Å². The van der Waals surface area contributed by atoms with Crippen LogP contribution in [0.25, 0.3) is 0 Å². The molecule has 1 aliphatic heterocycles. The van der Waals surface area contributed by atoms with Crippen LogP contribution < -0.4 is 29.7 Å². The third-order valence-electron chi connectivity index (χ3n) is 7.39. The number of nitrogens with one attached hydrogen (secondary N) is 2. The molecule has 0 saturated carbocycles. The first-order valence-electron chi connectivity index (χ1n) is 13.2. The van der Waals surface area contributed by atoms with Crippen LogP contribution in [0.2, 0.25) is 0 Å².